The summed E-state index contributed by atoms with van der Waals surface area (Å²) in [6.07, 6.45) is 2.20. The highest BCUT2D eigenvalue weighted by atomic mass is 79.9. The molecule has 1 aromatic heterocycles. The molecule has 1 unspecified atom stereocenters. The molecule has 1 aliphatic heterocycles. The van der Waals surface area contributed by atoms with Crippen LogP contribution in [0.25, 0.3) is 11.4 Å². The maximum Gasteiger partial charge on any atom is 0.244 e. The molecule has 0 bridgehead atoms. The van der Waals surface area contributed by atoms with E-state index in [1.54, 1.807) is 7.11 Å². The first kappa shape index (κ1) is 12.6. The SMILES string of the molecule is COc1ccc(-c2noc(C3CCCN3)n2)cc1Br. The number of ether oxygens (including phenoxy) is 1. The van der Waals surface area contributed by atoms with E-state index in [4.69, 9.17) is 9.26 Å². The summed E-state index contributed by atoms with van der Waals surface area (Å²) in [6.45, 7) is 1.01. The maximum atomic E-state index is 5.33. The van der Waals surface area contributed by atoms with E-state index >= 15 is 0 Å². The third kappa shape index (κ3) is 2.50. The molecule has 1 fully saturated rings. The molecule has 2 heterocycles. The Labute approximate surface area is 119 Å². The molecule has 1 aliphatic rings. The lowest BCUT2D eigenvalue weighted by atomic mass is 10.2. The summed E-state index contributed by atoms with van der Waals surface area (Å²) < 4.78 is 11.4. The monoisotopic (exact) mass is 323 g/mol. The summed E-state index contributed by atoms with van der Waals surface area (Å²) in [4.78, 5) is 4.46. The first-order valence-corrected chi connectivity index (χ1v) is 6.98. The Hall–Kier alpha value is -1.40. The third-order valence-electron chi connectivity index (χ3n) is 3.21. The smallest absolute Gasteiger partial charge is 0.244 e. The highest BCUT2D eigenvalue weighted by Crippen LogP contribution is 2.30. The second kappa shape index (κ2) is 5.30. The van der Waals surface area contributed by atoms with E-state index in [1.165, 1.54) is 0 Å². The Bertz CT molecular complexity index is 579. The van der Waals surface area contributed by atoms with Gasteiger partial charge >= 0.3 is 0 Å². The Morgan fingerprint density at radius 2 is 2.37 bits per heavy atom. The first-order valence-electron chi connectivity index (χ1n) is 6.19. The molecule has 1 saturated heterocycles. The standard InChI is InChI=1S/C13H14BrN3O2/c1-18-11-5-4-8(7-9(11)14)12-16-13(19-17-12)10-3-2-6-15-10/h4-5,7,10,15H,2-3,6H2,1H3. The number of hydrogen-bond donors (Lipinski definition) is 1. The molecule has 100 valence electrons. The summed E-state index contributed by atoms with van der Waals surface area (Å²) >= 11 is 3.45. The zero-order valence-corrected chi connectivity index (χ0v) is 12.1. The Morgan fingerprint density at radius 1 is 1.47 bits per heavy atom. The molecule has 1 N–H and O–H groups in total. The van der Waals surface area contributed by atoms with Gasteiger partial charge in [0.25, 0.3) is 0 Å². The van der Waals surface area contributed by atoms with Crippen LogP contribution in [-0.4, -0.2) is 23.8 Å². The molecule has 0 saturated carbocycles. The normalized spacial score (nSPS) is 18.7. The molecular weight excluding hydrogens is 310 g/mol. The van der Waals surface area contributed by atoms with E-state index in [-0.39, 0.29) is 6.04 Å². The van der Waals surface area contributed by atoms with Crippen molar-refractivity contribution in [3.8, 4) is 17.1 Å². The summed E-state index contributed by atoms with van der Waals surface area (Å²) in [5, 5.41) is 7.38. The molecule has 1 atom stereocenters. The predicted molar refractivity (Wildman–Crippen MR) is 74.0 cm³/mol. The molecule has 0 radical (unpaired) electrons. The lowest BCUT2D eigenvalue weighted by Crippen LogP contribution is -2.12. The van der Waals surface area contributed by atoms with E-state index < -0.39 is 0 Å². The number of halogens is 1. The van der Waals surface area contributed by atoms with Crippen molar-refractivity contribution in [3.05, 3.63) is 28.6 Å². The van der Waals surface area contributed by atoms with Crippen LogP contribution in [0.5, 0.6) is 5.75 Å². The number of aromatic nitrogens is 2. The van der Waals surface area contributed by atoms with Crippen molar-refractivity contribution in [2.45, 2.75) is 18.9 Å². The molecule has 1 aromatic carbocycles. The Kier molecular flexibility index (Phi) is 3.52. The highest BCUT2D eigenvalue weighted by molar-refractivity contribution is 9.10. The van der Waals surface area contributed by atoms with Gasteiger partial charge in [-0.15, -0.1) is 0 Å². The summed E-state index contributed by atoms with van der Waals surface area (Å²) in [6, 6.07) is 5.92. The number of benzene rings is 1. The number of nitrogens with one attached hydrogen (secondary N) is 1. The first-order chi connectivity index (χ1) is 9.28. The maximum absolute atomic E-state index is 5.33. The van der Waals surface area contributed by atoms with Gasteiger partial charge < -0.3 is 14.6 Å². The van der Waals surface area contributed by atoms with Crippen molar-refractivity contribution >= 4 is 15.9 Å². The van der Waals surface area contributed by atoms with Crippen molar-refractivity contribution in [2.75, 3.05) is 13.7 Å². The van der Waals surface area contributed by atoms with Crippen LogP contribution >= 0.6 is 15.9 Å². The lowest BCUT2D eigenvalue weighted by Gasteiger charge is -2.03. The minimum absolute atomic E-state index is 0.197. The Balaban J connectivity index is 1.87. The van der Waals surface area contributed by atoms with Crippen LogP contribution in [0.1, 0.15) is 24.8 Å². The second-order valence-corrected chi connectivity index (χ2v) is 5.31. The van der Waals surface area contributed by atoms with Gasteiger partial charge in [-0.1, -0.05) is 5.16 Å². The van der Waals surface area contributed by atoms with Gasteiger partial charge in [0.15, 0.2) is 0 Å². The van der Waals surface area contributed by atoms with Crippen LogP contribution in [0.3, 0.4) is 0 Å². The predicted octanol–water partition coefficient (Wildman–Crippen LogP) is 2.93. The molecule has 6 heteroatoms. The quantitative estimate of drug-likeness (QED) is 0.941. The number of hydrogen-bond acceptors (Lipinski definition) is 5. The molecule has 0 aliphatic carbocycles. The van der Waals surface area contributed by atoms with E-state index in [2.05, 4.69) is 31.4 Å². The van der Waals surface area contributed by atoms with E-state index in [0.29, 0.717) is 11.7 Å². The number of rotatable bonds is 3. The highest BCUT2D eigenvalue weighted by Gasteiger charge is 2.22. The van der Waals surface area contributed by atoms with Gasteiger partial charge in [-0.3, -0.25) is 0 Å². The van der Waals surface area contributed by atoms with Crippen LogP contribution in [0, 0.1) is 0 Å². The third-order valence-corrected chi connectivity index (χ3v) is 3.83. The van der Waals surface area contributed by atoms with Crippen molar-refractivity contribution < 1.29 is 9.26 Å². The largest absolute Gasteiger partial charge is 0.496 e. The Morgan fingerprint density at radius 3 is 3.05 bits per heavy atom. The molecule has 3 rings (SSSR count). The molecule has 5 nitrogen and oxygen atoms in total. The fraction of sp³-hybridized carbons (Fsp3) is 0.385. The molecule has 2 aromatic rings. The topological polar surface area (TPSA) is 60.2 Å². The zero-order valence-electron chi connectivity index (χ0n) is 10.5. The summed E-state index contributed by atoms with van der Waals surface area (Å²) in [5.41, 5.74) is 0.903. The molecule has 0 amide bonds. The van der Waals surface area contributed by atoms with Crippen molar-refractivity contribution in [1.82, 2.24) is 15.5 Å². The summed E-state index contributed by atoms with van der Waals surface area (Å²) in [5.74, 6) is 2.05. The average molecular weight is 324 g/mol. The lowest BCUT2D eigenvalue weighted by molar-refractivity contribution is 0.345. The van der Waals surface area contributed by atoms with Crippen LogP contribution in [0.2, 0.25) is 0 Å². The fourth-order valence-corrected chi connectivity index (χ4v) is 2.74. The second-order valence-electron chi connectivity index (χ2n) is 4.45. The molecule has 0 spiro atoms. The van der Waals surface area contributed by atoms with E-state index in [0.717, 1.165) is 35.2 Å². The van der Waals surface area contributed by atoms with Crippen molar-refractivity contribution in [2.24, 2.45) is 0 Å². The minimum Gasteiger partial charge on any atom is -0.496 e. The van der Waals surface area contributed by atoms with Gasteiger partial charge in [0.1, 0.15) is 5.75 Å². The van der Waals surface area contributed by atoms with Gasteiger partial charge in [0.05, 0.1) is 17.6 Å². The average Bonchev–Trinajstić information content (AvgIpc) is 3.09. The summed E-state index contributed by atoms with van der Waals surface area (Å²) in [7, 11) is 1.64. The zero-order chi connectivity index (χ0) is 13.2. The van der Waals surface area contributed by atoms with Gasteiger partial charge in [-0.2, -0.15) is 4.98 Å². The van der Waals surface area contributed by atoms with Gasteiger partial charge in [-0.25, -0.2) is 0 Å². The fourth-order valence-electron chi connectivity index (χ4n) is 2.19. The van der Waals surface area contributed by atoms with Crippen LogP contribution in [0.4, 0.5) is 0 Å². The van der Waals surface area contributed by atoms with Crippen LogP contribution in [-0.2, 0) is 0 Å². The number of nitrogens with zero attached hydrogens (tertiary/aromatic N) is 2. The van der Waals surface area contributed by atoms with Crippen molar-refractivity contribution in [1.29, 1.82) is 0 Å². The van der Waals surface area contributed by atoms with E-state index in [9.17, 15) is 0 Å². The minimum atomic E-state index is 0.197. The number of methoxy groups -OCH3 is 1. The van der Waals surface area contributed by atoms with Gasteiger partial charge in [0, 0.05) is 5.56 Å². The van der Waals surface area contributed by atoms with Crippen molar-refractivity contribution in [3.63, 3.8) is 0 Å². The molecule has 19 heavy (non-hydrogen) atoms. The van der Waals surface area contributed by atoms with Crippen LogP contribution in [0.15, 0.2) is 27.2 Å². The van der Waals surface area contributed by atoms with Gasteiger partial charge in [-0.05, 0) is 53.5 Å². The van der Waals surface area contributed by atoms with Crippen LogP contribution < -0.4 is 10.1 Å². The van der Waals surface area contributed by atoms with E-state index in [1.807, 2.05) is 18.2 Å². The molecular formula is C13H14BrN3O2. The van der Waals surface area contributed by atoms with Gasteiger partial charge in [0.2, 0.25) is 11.7 Å².